The first kappa shape index (κ1) is 20.1. The Labute approximate surface area is 131 Å². The molecule has 0 aliphatic heterocycles. The standard InChI is InChI=1S/C9F12IN/c10-6(11,12)1-3(22)2(7(13,14)15)5(9(19,20)21)23-4(1)8(16,17)18. The van der Waals surface area contributed by atoms with Gasteiger partial charge in [-0.1, -0.05) is 0 Å². The van der Waals surface area contributed by atoms with E-state index in [0.717, 1.165) is 0 Å². The van der Waals surface area contributed by atoms with Crippen LogP contribution in [0.25, 0.3) is 0 Å². The molecule has 0 saturated carbocycles. The highest BCUT2D eigenvalue weighted by Gasteiger charge is 2.54. The smallest absolute Gasteiger partial charge is 0.237 e. The second-order valence-corrected chi connectivity index (χ2v) is 4.94. The second kappa shape index (κ2) is 5.54. The zero-order chi connectivity index (χ0) is 18.6. The fourth-order valence-electron chi connectivity index (χ4n) is 1.48. The van der Waals surface area contributed by atoms with E-state index in [9.17, 15) is 52.7 Å². The largest absolute Gasteiger partial charge is 0.434 e. The molecule has 0 unspecified atom stereocenters. The van der Waals surface area contributed by atoms with Crippen LogP contribution < -0.4 is 0 Å². The summed E-state index contributed by atoms with van der Waals surface area (Å²) < 4.78 is 149. The molecule has 0 aliphatic carbocycles. The van der Waals surface area contributed by atoms with Crippen molar-refractivity contribution < 1.29 is 52.7 Å². The van der Waals surface area contributed by atoms with Gasteiger partial charge in [-0.3, -0.25) is 0 Å². The van der Waals surface area contributed by atoms with Crippen molar-refractivity contribution in [3.8, 4) is 0 Å². The highest BCUT2D eigenvalue weighted by atomic mass is 127. The summed E-state index contributed by atoms with van der Waals surface area (Å²) in [6.07, 6.45) is -24.1. The molecule has 23 heavy (non-hydrogen) atoms. The van der Waals surface area contributed by atoms with E-state index >= 15 is 0 Å². The fourth-order valence-corrected chi connectivity index (χ4v) is 2.61. The number of rotatable bonds is 0. The molecule has 1 rings (SSSR count). The number of aromatic nitrogens is 1. The van der Waals surface area contributed by atoms with Crippen molar-refractivity contribution >= 4 is 22.6 Å². The van der Waals surface area contributed by atoms with Gasteiger partial charge in [0.2, 0.25) is 0 Å². The molecular formula is C9F12IN. The third-order valence-corrected chi connectivity index (χ3v) is 3.32. The van der Waals surface area contributed by atoms with E-state index < -0.39 is 50.8 Å². The molecule has 1 nitrogen and oxygen atoms in total. The first-order valence-electron chi connectivity index (χ1n) is 4.90. The Morgan fingerprint density at radius 1 is 0.522 bits per heavy atom. The summed E-state index contributed by atoms with van der Waals surface area (Å²) in [6.45, 7) is 0. The maximum Gasteiger partial charge on any atom is 0.434 e. The van der Waals surface area contributed by atoms with E-state index in [-0.39, 0.29) is 22.6 Å². The Kier molecular flexibility index (Phi) is 4.84. The molecule has 0 atom stereocenters. The molecule has 0 fully saturated rings. The van der Waals surface area contributed by atoms with Gasteiger partial charge in [-0.15, -0.1) is 0 Å². The Balaban J connectivity index is 4.09. The number of hydrogen-bond donors (Lipinski definition) is 0. The second-order valence-electron chi connectivity index (χ2n) is 3.86. The molecule has 0 radical (unpaired) electrons. The summed E-state index contributed by atoms with van der Waals surface area (Å²) in [4.78, 5) is 1.61. The highest BCUT2D eigenvalue weighted by molar-refractivity contribution is 14.1. The Hall–Kier alpha value is -0.960. The first-order chi connectivity index (χ1) is 9.88. The van der Waals surface area contributed by atoms with Gasteiger partial charge >= 0.3 is 24.7 Å². The van der Waals surface area contributed by atoms with Crippen LogP contribution in [0.4, 0.5) is 52.7 Å². The molecule has 1 aromatic rings. The van der Waals surface area contributed by atoms with Gasteiger partial charge in [-0.2, -0.15) is 52.7 Å². The van der Waals surface area contributed by atoms with Crippen LogP contribution in [0.5, 0.6) is 0 Å². The van der Waals surface area contributed by atoms with Crippen molar-refractivity contribution in [2.75, 3.05) is 0 Å². The molecule has 0 bridgehead atoms. The first-order valence-corrected chi connectivity index (χ1v) is 5.98. The van der Waals surface area contributed by atoms with Crippen LogP contribution in [-0.4, -0.2) is 4.98 Å². The number of hydrogen-bond acceptors (Lipinski definition) is 1. The third-order valence-electron chi connectivity index (χ3n) is 2.24. The summed E-state index contributed by atoms with van der Waals surface area (Å²) in [7, 11) is 0. The van der Waals surface area contributed by atoms with Gasteiger partial charge in [0.25, 0.3) is 0 Å². The van der Waals surface area contributed by atoms with E-state index in [4.69, 9.17) is 0 Å². The van der Waals surface area contributed by atoms with Gasteiger partial charge in [0, 0.05) is 3.57 Å². The Morgan fingerprint density at radius 2 is 0.783 bits per heavy atom. The lowest BCUT2D eigenvalue weighted by atomic mass is 10.1. The summed E-state index contributed by atoms with van der Waals surface area (Å²) >= 11 is 0.143. The van der Waals surface area contributed by atoms with Crippen molar-refractivity contribution in [3.63, 3.8) is 0 Å². The van der Waals surface area contributed by atoms with Gasteiger partial charge < -0.3 is 0 Å². The molecule has 0 aliphatic rings. The molecule has 0 aromatic carbocycles. The quantitative estimate of drug-likeness (QED) is 0.342. The fraction of sp³-hybridized carbons (Fsp3) is 0.444. The molecule has 0 spiro atoms. The van der Waals surface area contributed by atoms with Crippen LogP contribution in [-0.2, 0) is 24.7 Å². The van der Waals surface area contributed by atoms with E-state index in [2.05, 4.69) is 0 Å². The van der Waals surface area contributed by atoms with Crippen molar-refractivity contribution in [2.45, 2.75) is 24.7 Å². The average Bonchev–Trinajstić information content (AvgIpc) is 2.20. The molecule has 132 valence electrons. The summed E-state index contributed by atoms with van der Waals surface area (Å²) in [6, 6.07) is 0. The average molecular weight is 477 g/mol. The summed E-state index contributed by atoms with van der Waals surface area (Å²) in [5.74, 6) is 0. The van der Waals surface area contributed by atoms with E-state index in [1.807, 2.05) is 0 Å². The van der Waals surface area contributed by atoms with Crippen molar-refractivity contribution in [1.29, 1.82) is 0 Å². The number of pyridine rings is 1. The number of nitrogens with zero attached hydrogens (tertiary/aromatic N) is 1. The van der Waals surface area contributed by atoms with Gasteiger partial charge in [0.05, 0.1) is 0 Å². The molecule has 1 aromatic heterocycles. The normalized spacial score (nSPS) is 14.3. The van der Waals surface area contributed by atoms with Crippen LogP contribution in [0.1, 0.15) is 22.5 Å². The maximum atomic E-state index is 12.6. The minimum Gasteiger partial charge on any atom is -0.237 e. The number of halogens is 13. The molecule has 0 saturated heterocycles. The minimum atomic E-state index is -6.05. The van der Waals surface area contributed by atoms with Crippen LogP contribution in [0.3, 0.4) is 0 Å². The Bertz CT molecular complexity index is 555. The van der Waals surface area contributed by atoms with Crippen LogP contribution >= 0.6 is 22.6 Å². The lowest BCUT2D eigenvalue weighted by Crippen LogP contribution is -2.28. The molecular weight excluding hydrogens is 477 g/mol. The van der Waals surface area contributed by atoms with Gasteiger partial charge in [-0.25, -0.2) is 4.98 Å². The van der Waals surface area contributed by atoms with E-state index in [1.165, 1.54) is 0 Å². The van der Waals surface area contributed by atoms with Crippen molar-refractivity contribution in [3.05, 3.63) is 26.1 Å². The van der Waals surface area contributed by atoms with E-state index in [1.54, 1.807) is 4.98 Å². The van der Waals surface area contributed by atoms with Crippen molar-refractivity contribution in [1.82, 2.24) is 4.98 Å². The maximum absolute atomic E-state index is 12.6. The SMILES string of the molecule is FC(F)(F)c1nc(C(F)(F)F)c(C(F)(F)F)c(I)c1C(F)(F)F. The summed E-state index contributed by atoms with van der Waals surface area (Å²) in [5, 5.41) is 0. The van der Waals surface area contributed by atoms with Crippen LogP contribution in [0.2, 0.25) is 0 Å². The highest BCUT2D eigenvalue weighted by Crippen LogP contribution is 2.49. The Morgan fingerprint density at radius 3 is 0.957 bits per heavy atom. The molecule has 14 heteroatoms. The zero-order valence-electron chi connectivity index (χ0n) is 9.86. The predicted molar refractivity (Wildman–Crippen MR) is 57.0 cm³/mol. The number of alkyl halides is 12. The molecule has 0 amide bonds. The van der Waals surface area contributed by atoms with Crippen LogP contribution in [0, 0.1) is 3.57 Å². The zero-order valence-corrected chi connectivity index (χ0v) is 12.0. The van der Waals surface area contributed by atoms with Gasteiger partial charge in [-0.05, 0) is 22.6 Å². The molecule has 1 heterocycles. The van der Waals surface area contributed by atoms with Crippen molar-refractivity contribution in [2.24, 2.45) is 0 Å². The lowest BCUT2D eigenvalue weighted by molar-refractivity contribution is -0.177. The molecule has 0 N–H and O–H groups in total. The van der Waals surface area contributed by atoms with Gasteiger partial charge in [0.15, 0.2) is 11.4 Å². The van der Waals surface area contributed by atoms with Gasteiger partial charge in [0.1, 0.15) is 11.1 Å². The van der Waals surface area contributed by atoms with E-state index in [0.29, 0.717) is 0 Å². The summed E-state index contributed by atoms with van der Waals surface area (Å²) in [5.41, 5.74) is -12.0. The lowest BCUT2D eigenvalue weighted by Gasteiger charge is -2.23. The third kappa shape index (κ3) is 4.12. The minimum absolute atomic E-state index is 0.143. The predicted octanol–water partition coefficient (Wildman–Crippen LogP) is 5.76. The monoisotopic (exact) mass is 477 g/mol. The van der Waals surface area contributed by atoms with Crippen LogP contribution in [0.15, 0.2) is 0 Å². The topological polar surface area (TPSA) is 12.9 Å².